The van der Waals surface area contributed by atoms with Gasteiger partial charge >= 0.3 is 5.97 Å². The molecule has 0 fully saturated rings. The van der Waals surface area contributed by atoms with Gasteiger partial charge in [0.25, 0.3) is 0 Å². The molecular formula is C21H37NO2. The van der Waals surface area contributed by atoms with Crippen molar-refractivity contribution in [1.82, 2.24) is 4.98 Å². The Morgan fingerprint density at radius 1 is 0.958 bits per heavy atom. The molecule has 1 aromatic heterocycles. The highest BCUT2D eigenvalue weighted by molar-refractivity contribution is 5.89. The third-order valence-corrected chi connectivity index (χ3v) is 4.37. The Labute approximate surface area is 148 Å². The van der Waals surface area contributed by atoms with Gasteiger partial charge in [-0.25, -0.2) is 4.79 Å². The fourth-order valence-electron chi connectivity index (χ4n) is 2.97. The van der Waals surface area contributed by atoms with Crippen LogP contribution in [0.3, 0.4) is 0 Å². The second-order valence-electron chi connectivity index (χ2n) is 7.15. The fraction of sp³-hybridized carbons (Fsp3) is 0.762. The number of hydrogen-bond donors (Lipinski definition) is 1. The number of H-pyrrole nitrogens is 1. The average Bonchev–Trinajstić information content (AvgIpc) is 3.01. The second-order valence-corrected chi connectivity index (χ2v) is 7.15. The summed E-state index contributed by atoms with van der Waals surface area (Å²) in [6.45, 7) is 6.01. The quantitative estimate of drug-likeness (QED) is 0.314. The Hall–Kier alpha value is -1.25. The molecule has 24 heavy (non-hydrogen) atoms. The van der Waals surface area contributed by atoms with E-state index < -0.39 is 0 Å². The van der Waals surface area contributed by atoms with E-state index in [9.17, 15) is 4.79 Å². The molecule has 0 amide bonds. The zero-order valence-corrected chi connectivity index (χ0v) is 16.0. The first-order valence-corrected chi connectivity index (χ1v) is 10.0. The summed E-state index contributed by atoms with van der Waals surface area (Å²) in [6.07, 6.45) is 17.7. The molecule has 0 atom stereocenters. The Morgan fingerprint density at radius 3 is 2.04 bits per heavy atom. The van der Waals surface area contributed by atoms with Crippen LogP contribution in [-0.2, 0) is 11.2 Å². The lowest BCUT2D eigenvalue weighted by atomic mass is 10.0. The highest BCUT2D eigenvalue weighted by atomic mass is 16.5. The van der Waals surface area contributed by atoms with Crippen molar-refractivity contribution in [3.8, 4) is 0 Å². The van der Waals surface area contributed by atoms with Crippen LogP contribution >= 0.6 is 0 Å². The Bertz CT molecular complexity index is 437. The molecular weight excluding hydrogens is 298 g/mol. The smallest absolute Gasteiger partial charge is 0.339 e. The number of aryl methyl sites for hydroxylation is 1. The molecule has 0 aromatic carbocycles. The highest BCUT2D eigenvalue weighted by Crippen LogP contribution is 2.13. The van der Waals surface area contributed by atoms with Crippen LogP contribution in [-0.4, -0.2) is 17.1 Å². The SMILES string of the molecule is CCCCCCCCCCCCCc1cc(C(=O)OC(C)C)c[nH]1. The Kier molecular flexibility index (Phi) is 11.3. The molecule has 0 radical (unpaired) electrons. The maximum Gasteiger partial charge on any atom is 0.339 e. The summed E-state index contributed by atoms with van der Waals surface area (Å²) < 4.78 is 5.20. The first-order chi connectivity index (χ1) is 11.6. The fourth-order valence-corrected chi connectivity index (χ4v) is 2.97. The minimum atomic E-state index is -0.230. The molecule has 0 saturated heterocycles. The third kappa shape index (κ3) is 9.79. The topological polar surface area (TPSA) is 42.1 Å². The monoisotopic (exact) mass is 335 g/mol. The molecule has 3 heteroatoms. The van der Waals surface area contributed by atoms with E-state index in [1.54, 1.807) is 6.20 Å². The van der Waals surface area contributed by atoms with E-state index in [0.29, 0.717) is 5.56 Å². The van der Waals surface area contributed by atoms with Crippen LogP contribution < -0.4 is 0 Å². The van der Waals surface area contributed by atoms with Gasteiger partial charge in [-0.05, 0) is 32.8 Å². The van der Waals surface area contributed by atoms with Crippen LogP contribution in [0.25, 0.3) is 0 Å². The summed E-state index contributed by atoms with van der Waals surface area (Å²) in [5, 5.41) is 0. The second kappa shape index (κ2) is 13.1. The molecule has 3 nitrogen and oxygen atoms in total. The van der Waals surface area contributed by atoms with Crippen molar-refractivity contribution in [1.29, 1.82) is 0 Å². The van der Waals surface area contributed by atoms with Gasteiger partial charge in [0.15, 0.2) is 0 Å². The summed E-state index contributed by atoms with van der Waals surface area (Å²) in [4.78, 5) is 15.0. The van der Waals surface area contributed by atoms with Crippen LogP contribution in [0.15, 0.2) is 12.3 Å². The minimum Gasteiger partial charge on any atom is -0.459 e. The van der Waals surface area contributed by atoms with E-state index in [1.807, 2.05) is 19.9 Å². The predicted octanol–water partition coefficient (Wildman–Crippen LogP) is 6.43. The standard InChI is InChI=1S/C21H37NO2/c1-4-5-6-7-8-9-10-11-12-13-14-15-20-16-19(17-22-20)21(23)24-18(2)3/h16-18,22H,4-15H2,1-3H3. The number of hydrogen-bond acceptors (Lipinski definition) is 2. The number of aromatic nitrogens is 1. The first-order valence-electron chi connectivity index (χ1n) is 10.0. The van der Waals surface area contributed by atoms with Crippen LogP contribution in [0, 0.1) is 0 Å². The number of aromatic amines is 1. The van der Waals surface area contributed by atoms with Crippen LogP contribution in [0.1, 0.15) is 107 Å². The maximum absolute atomic E-state index is 11.8. The van der Waals surface area contributed by atoms with Crippen LogP contribution in [0.2, 0.25) is 0 Å². The zero-order valence-electron chi connectivity index (χ0n) is 16.0. The Morgan fingerprint density at radius 2 is 1.50 bits per heavy atom. The van der Waals surface area contributed by atoms with Gasteiger partial charge in [0, 0.05) is 11.9 Å². The van der Waals surface area contributed by atoms with Gasteiger partial charge in [-0.1, -0.05) is 71.1 Å². The Balaban J connectivity index is 2.00. The summed E-state index contributed by atoms with van der Waals surface area (Å²) >= 11 is 0. The number of unbranched alkanes of at least 4 members (excludes halogenated alkanes) is 10. The third-order valence-electron chi connectivity index (χ3n) is 4.37. The number of nitrogens with one attached hydrogen (secondary N) is 1. The predicted molar refractivity (Wildman–Crippen MR) is 102 cm³/mol. The molecule has 0 aliphatic rings. The van der Waals surface area contributed by atoms with Gasteiger partial charge in [0.05, 0.1) is 11.7 Å². The molecule has 0 saturated carbocycles. The van der Waals surface area contributed by atoms with Gasteiger partial charge in [-0.2, -0.15) is 0 Å². The summed E-state index contributed by atoms with van der Waals surface area (Å²) in [5.41, 5.74) is 1.78. The minimum absolute atomic E-state index is 0.0671. The lowest BCUT2D eigenvalue weighted by Crippen LogP contribution is -2.10. The van der Waals surface area contributed by atoms with Crippen molar-refractivity contribution in [2.45, 2.75) is 104 Å². The molecule has 0 aliphatic carbocycles. The molecule has 0 unspecified atom stereocenters. The van der Waals surface area contributed by atoms with E-state index >= 15 is 0 Å². The number of ether oxygens (including phenoxy) is 1. The average molecular weight is 336 g/mol. The summed E-state index contributed by atoms with van der Waals surface area (Å²) in [5.74, 6) is -0.230. The van der Waals surface area contributed by atoms with E-state index in [1.165, 1.54) is 70.6 Å². The van der Waals surface area contributed by atoms with Crippen LogP contribution in [0.5, 0.6) is 0 Å². The summed E-state index contributed by atoms with van der Waals surface area (Å²) in [7, 11) is 0. The number of carbonyl (C=O) groups excluding carboxylic acids is 1. The molecule has 1 rings (SSSR count). The van der Waals surface area contributed by atoms with Crippen molar-refractivity contribution >= 4 is 5.97 Å². The van der Waals surface area contributed by atoms with E-state index in [-0.39, 0.29) is 12.1 Å². The van der Waals surface area contributed by atoms with Gasteiger partial charge in [-0.3, -0.25) is 0 Å². The molecule has 1 N–H and O–H groups in total. The first kappa shape index (κ1) is 20.8. The van der Waals surface area contributed by atoms with Crippen LogP contribution in [0.4, 0.5) is 0 Å². The number of rotatable bonds is 14. The molecule has 138 valence electrons. The van der Waals surface area contributed by atoms with Crippen molar-refractivity contribution in [2.75, 3.05) is 0 Å². The van der Waals surface area contributed by atoms with E-state index in [4.69, 9.17) is 4.74 Å². The van der Waals surface area contributed by atoms with E-state index in [0.717, 1.165) is 12.1 Å². The maximum atomic E-state index is 11.8. The lowest BCUT2D eigenvalue weighted by molar-refractivity contribution is 0.0378. The van der Waals surface area contributed by atoms with Gasteiger partial charge in [-0.15, -0.1) is 0 Å². The summed E-state index contributed by atoms with van der Waals surface area (Å²) in [6, 6.07) is 1.93. The molecule has 1 heterocycles. The number of carbonyl (C=O) groups is 1. The molecule has 0 aliphatic heterocycles. The molecule has 1 aromatic rings. The van der Waals surface area contributed by atoms with Gasteiger partial charge in [0.1, 0.15) is 0 Å². The normalized spacial score (nSPS) is 11.2. The number of esters is 1. The van der Waals surface area contributed by atoms with Crippen molar-refractivity contribution in [3.63, 3.8) is 0 Å². The van der Waals surface area contributed by atoms with Crippen molar-refractivity contribution < 1.29 is 9.53 Å². The van der Waals surface area contributed by atoms with Crippen molar-refractivity contribution in [2.24, 2.45) is 0 Å². The lowest BCUT2D eigenvalue weighted by Gasteiger charge is -2.05. The van der Waals surface area contributed by atoms with Gasteiger partial charge < -0.3 is 9.72 Å². The molecule has 0 spiro atoms. The largest absolute Gasteiger partial charge is 0.459 e. The molecule has 0 bridgehead atoms. The van der Waals surface area contributed by atoms with Crippen molar-refractivity contribution in [3.05, 3.63) is 23.5 Å². The highest BCUT2D eigenvalue weighted by Gasteiger charge is 2.11. The zero-order chi connectivity index (χ0) is 17.6. The van der Waals surface area contributed by atoms with E-state index in [2.05, 4.69) is 11.9 Å². The van der Waals surface area contributed by atoms with Gasteiger partial charge in [0.2, 0.25) is 0 Å².